The number of likely N-dealkylation sites (tertiary alicyclic amines) is 1. The Bertz CT molecular complexity index is 975. The van der Waals surface area contributed by atoms with Crippen LogP contribution in [-0.4, -0.2) is 33.9 Å². The number of nitrogens with zero attached hydrogens (tertiary/aromatic N) is 3. The Kier molecular flexibility index (Phi) is 6.06. The maximum absolute atomic E-state index is 12.9. The van der Waals surface area contributed by atoms with Crippen LogP contribution in [0.15, 0.2) is 57.9 Å². The molecule has 1 N–H and O–H groups in total. The third kappa shape index (κ3) is 4.57. The van der Waals surface area contributed by atoms with Crippen molar-refractivity contribution in [3.05, 3.63) is 59.4 Å². The van der Waals surface area contributed by atoms with Crippen molar-refractivity contribution in [2.45, 2.75) is 30.2 Å². The van der Waals surface area contributed by atoms with E-state index in [9.17, 15) is 4.79 Å². The molecule has 0 spiro atoms. The van der Waals surface area contributed by atoms with Crippen LogP contribution < -0.4 is 5.32 Å². The topological polar surface area (TPSA) is 71.3 Å². The first-order valence-electron chi connectivity index (χ1n) is 9.45. The maximum Gasteiger partial charge on any atom is 0.322 e. The predicted octanol–water partition coefficient (Wildman–Crippen LogP) is 5.87. The first-order chi connectivity index (χ1) is 14.1. The zero-order valence-electron chi connectivity index (χ0n) is 16.0. The van der Waals surface area contributed by atoms with Crippen molar-refractivity contribution < 1.29 is 9.32 Å². The highest BCUT2D eigenvalue weighted by Crippen LogP contribution is 2.32. The number of amides is 2. The molecule has 1 saturated heterocycles. The van der Waals surface area contributed by atoms with Gasteiger partial charge in [0.05, 0.1) is 0 Å². The minimum absolute atomic E-state index is 0.155. The Morgan fingerprint density at radius 2 is 1.93 bits per heavy atom. The molecule has 4 rings (SSSR count). The Labute approximate surface area is 178 Å². The van der Waals surface area contributed by atoms with E-state index in [4.69, 9.17) is 16.1 Å². The molecule has 1 aliphatic heterocycles. The highest BCUT2D eigenvalue weighted by Gasteiger charge is 2.32. The fraction of sp³-hybridized carbons (Fsp3) is 0.286. The number of carbonyl (C=O) groups is 1. The fourth-order valence-corrected chi connectivity index (χ4v) is 3.92. The molecule has 2 aromatic carbocycles. The molecule has 0 bridgehead atoms. The number of hydrogen-bond donors (Lipinski definition) is 1. The summed E-state index contributed by atoms with van der Waals surface area (Å²) < 4.78 is 5.53. The van der Waals surface area contributed by atoms with Crippen LogP contribution in [0.1, 0.15) is 31.2 Å². The van der Waals surface area contributed by atoms with Crippen LogP contribution in [0.3, 0.4) is 0 Å². The van der Waals surface area contributed by atoms with Gasteiger partial charge < -0.3 is 14.7 Å². The van der Waals surface area contributed by atoms with Gasteiger partial charge in [-0.05, 0) is 74.0 Å². The second-order valence-corrected chi connectivity index (χ2v) is 8.14. The van der Waals surface area contributed by atoms with Crippen LogP contribution >= 0.6 is 23.4 Å². The van der Waals surface area contributed by atoms with E-state index in [2.05, 4.69) is 15.5 Å². The average molecular weight is 429 g/mol. The lowest BCUT2D eigenvalue weighted by atomic mass is 10.0. The molecule has 0 aliphatic carbocycles. The van der Waals surface area contributed by atoms with E-state index >= 15 is 0 Å². The third-order valence-corrected chi connectivity index (χ3v) is 5.93. The summed E-state index contributed by atoms with van der Waals surface area (Å²) in [4.78, 5) is 20.4. The van der Waals surface area contributed by atoms with E-state index < -0.39 is 0 Å². The first kappa shape index (κ1) is 19.8. The number of rotatable bonds is 4. The van der Waals surface area contributed by atoms with Crippen LogP contribution in [-0.2, 0) is 0 Å². The smallest absolute Gasteiger partial charge is 0.322 e. The molecule has 0 radical (unpaired) electrons. The highest BCUT2D eigenvalue weighted by atomic mass is 35.5. The van der Waals surface area contributed by atoms with Gasteiger partial charge in [0.1, 0.15) is 6.04 Å². The van der Waals surface area contributed by atoms with E-state index in [0.717, 1.165) is 35.4 Å². The minimum atomic E-state index is -0.234. The van der Waals surface area contributed by atoms with Gasteiger partial charge in [-0.2, -0.15) is 4.98 Å². The lowest BCUT2D eigenvalue weighted by Gasteiger charge is -2.33. The molecule has 1 aliphatic rings. The number of carbonyl (C=O) groups excluding carboxylic acids is 1. The number of halogens is 1. The molecule has 6 nitrogen and oxygen atoms in total. The van der Waals surface area contributed by atoms with Crippen molar-refractivity contribution in [1.29, 1.82) is 0 Å². The largest absolute Gasteiger partial charge is 0.337 e. The Morgan fingerprint density at radius 3 is 2.66 bits per heavy atom. The van der Waals surface area contributed by atoms with Crippen molar-refractivity contribution >= 4 is 35.1 Å². The summed E-state index contributed by atoms with van der Waals surface area (Å²) in [5.41, 5.74) is 1.59. The van der Waals surface area contributed by atoms with Gasteiger partial charge in [0.2, 0.25) is 11.7 Å². The van der Waals surface area contributed by atoms with E-state index in [1.807, 2.05) is 42.7 Å². The quantitative estimate of drug-likeness (QED) is 0.526. The van der Waals surface area contributed by atoms with E-state index in [0.29, 0.717) is 23.3 Å². The molecule has 2 amide bonds. The van der Waals surface area contributed by atoms with Gasteiger partial charge in [0.25, 0.3) is 0 Å². The average Bonchev–Trinajstić information content (AvgIpc) is 3.25. The monoisotopic (exact) mass is 428 g/mol. The molecule has 8 heteroatoms. The summed E-state index contributed by atoms with van der Waals surface area (Å²) in [6, 6.07) is 14.7. The number of aromatic nitrogens is 2. The molecule has 0 saturated carbocycles. The minimum Gasteiger partial charge on any atom is -0.337 e. The van der Waals surface area contributed by atoms with Gasteiger partial charge in [-0.3, -0.25) is 0 Å². The number of anilines is 1. The number of urea groups is 1. The summed E-state index contributed by atoms with van der Waals surface area (Å²) in [6.45, 7) is 0.651. The number of nitrogens with one attached hydrogen (secondary N) is 1. The summed E-state index contributed by atoms with van der Waals surface area (Å²) in [5.74, 6) is 0.956. The van der Waals surface area contributed by atoms with Crippen LogP contribution in [0.5, 0.6) is 0 Å². The van der Waals surface area contributed by atoms with Crippen molar-refractivity contribution in [1.82, 2.24) is 15.0 Å². The molecular weight excluding hydrogens is 408 g/mol. The molecule has 1 aromatic heterocycles. The van der Waals surface area contributed by atoms with Gasteiger partial charge in [-0.15, -0.1) is 11.8 Å². The lowest BCUT2D eigenvalue weighted by Crippen LogP contribution is -2.41. The molecule has 150 valence electrons. The number of benzene rings is 2. The molecule has 1 unspecified atom stereocenters. The lowest BCUT2D eigenvalue weighted by molar-refractivity contribution is 0.142. The van der Waals surface area contributed by atoms with Gasteiger partial charge in [-0.25, -0.2) is 4.79 Å². The highest BCUT2D eigenvalue weighted by molar-refractivity contribution is 7.98. The van der Waals surface area contributed by atoms with Crippen LogP contribution in [0, 0.1) is 0 Å². The zero-order chi connectivity index (χ0) is 20.2. The SMILES string of the molecule is CSc1ccc(NC(=O)N2CCCCC2c2nc(-c3ccc(Cl)cc3)no2)cc1. The number of thioether (sulfide) groups is 1. The third-order valence-electron chi connectivity index (χ3n) is 4.93. The molecule has 2 heterocycles. The van der Waals surface area contributed by atoms with Gasteiger partial charge in [-0.1, -0.05) is 16.8 Å². The molecule has 1 atom stereocenters. The van der Waals surface area contributed by atoms with E-state index in [1.54, 1.807) is 28.8 Å². The van der Waals surface area contributed by atoms with Crippen LogP contribution in [0.4, 0.5) is 10.5 Å². The van der Waals surface area contributed by atoms with Gasteiger partial charge in [0.15, 0.2) is 0 Å². The molecule has 3 aromatic rings. The van der Waals surface area contributed by atoms with Gasteiger partial charge in [0, 0.05) is 27.7 Å². The van der Waals surface area contributed by atoms with Crippen molar-refractivity contribution in [3.63, 3.8) is 0 Å². The summed E-state index contributed by atoms with van der Waals surface area (Å²) >= 11 is 7.61. The molecule has 29 heavy (non-hydrogen) atoms. The first-order valence-corrected chi connectivity index (χ1v) is 11.1. The van der Waals surface area contributed by atoms with Crippen molar-refractivity contribution in [2.24, 2.45) is 0 Å². The summed E-state index contributed by atoms with van der Waals surface area (Å²) in [5, 5.41) is 7.73. The van der Waals surface area contributed by atoms with Crippen LogP contribution in [0.2, 0.25) is 5.02 Å². The Hall–Kier alpha value is -2.51. The Balaban J connectivity index is 1.51. The van der Waals surface area contributed by atoms with Crippen molar-refractivity contribution in [3.8, 4) is 11.4 Å². The molecule has 1 fully saturated rings. The predicted molar refractivity (Wildman–Crippen MR) is 115 cm³/mol. The maximum atomic E-state index is 12.9. The second kappa shape index (κ2) is 8.88. The normalized spacial score (nSPS) is 16.6. The standard InChI is InChI=1S/C21H21ClN4O2S/c1-29-17-11-9-16(10-12-17)23-21(27)26-13-3-2-4-18(26)20-24-19(25-28-20)14-5-7-15(22)8-6-14/h5-12,18H,2-4,13H2,1H3,(H,23,27). The summed E-state index contributed by atoms with van der Waals surface area (Å²) in [6.07, 6.45) is 4.78. The second-order valence-electron chi connectivity index (χ2n) is 6.83. The van der Waals surface area contributed by atoms with Crippen LogP contribution in [0.25, 0.3) is 11.4 Å². The number of hydrogen-bond acceptors (Lipinski definition) is 5. The number of piperidine rings is 1. The van der Waals surface area contributed by atoms with E-state index in [-0.39, 0.29) is 12.1 Å². The van der Waals surface area contributed by atoms with E-state index in [1.165, 1.54) is 0 Å². The Morgan fingerprint density at radius 1 is 1.17 bits per heavy atom. The van der Waals surface area contributed by atoms with Gasteiger partial charge >= 0.3 is 6.03 Å². The van der Waals surface area contributed by atoms with Crippen molar-refractivity contribution in [2.75, 3.05) is 18.1 Å². The zero-order valence-corrected chi connectivity index (χ0v) is 17.5. The summed E-state index contributed by atoms with van der Waals surface area (Å²) in [7, 11) is 0. The molecular formula is C21H21ClN4O2S. The fourth-order valence-electron chi connectivity index (χ4n) is 3.39.